The highest BCUT2D eigenvalue weighted by Gasteiger charge is 1.94. The number of rotatable bonds is 3. The van der Waals surface area contributed by atoms with Gasteiger partial charge >= 0.3 is 0 Å². The Morgan fingerprint density at radius 2 is 2.08 bits per heavy atom. The van der Waals surface area contributed by atoms with Crippen LogP contribution in [0.3, 0.4) is 0 Å². The van der Waals surface area contributed by atoms with E-state index in [2.05, 4.69) is 0 Å². The highest BCUT2D eigenvalue weighted by atomic mass is 19.1. The quantitative estimate of drug-likeness (QED) is 0.774. The minimum absolute atomic E-state index is 0.551. The van der Waals surface area contributed by atoms with Gasteiger partial charge in [0.05, 0.1) is 13.7 Å². The summed E-state index contributed by atoms with van der Waals surface area (Å²) >= 11 is 0. The summed E-state index contributed by atoms with van der Waals surface area (Å²) in [4.78, 5) is 0. The monoisotopic (exact) mass is 182 g/mol. The molecule has 3 heteroatoms. The molecule has 1 rings (SSSR count). The maximum atomic E-state index is 12.6. The standard InChI is InChI=1S/C10H11FO2/c1-13-10-4-2-8(3-5-10)6-9(11)7-12/h2-6,12H,7H2,1H3/b9-6-. The van der Waals surface area contributed by atoms with Crippen LogP contribution in [0.15, 0.2) is 30.1 Å². The molecule has 0 heterocycles. The summed E-state index contributed by atoms with van der Waals surface area (Å²) in [5.74, 6) is 0.173. The molecule has 0 unspecified atom stereocenters. The third-order valence-electron chi connectivity index (χ3n) is 1.59. The molecule has 2 nitrogen and oxygen atoms in total. The van der Waals surface area contributed by atoms with Crippen LogP contribution in [0, 0.1) is 0 Å². The van der Waals surface area contributed by atoms with Crippen LogP contribution in [-0.4, -0.2) is 18.8 Å². The van der Waals surface area contributed by atoms with Crippen LogP contribution in [-0.2, 0) is 0 Å². The molecule has 0 spiro atoms. The molecule has 0 radical (unpaired) electrons. The van der Waals surface area contributed by atoms with Crippen molar-refractivity contribution in [3.63, 3.8) is 0 Å². The summed E-state index contributed by atoms with van der Waals surface area (Å²) in [6, 6.07) is 6.90. The number of hydrogen-bond donors (Lipinski definition) is 1. The lowest BCUT2D eigenvalue weighted by molar-refractivity contribution is 0.300. The van der Waals surface area contributed by atoms with Crippen LogP contribution in [0.1, 0.15) is 5.56 Å². The fourth-order valence-corrected chi connectivity index (χ4v) is 0.927. The van der Waals surface area contributed by atoms with Gasteiger partial charge in [-0.2, -0.15) is 0 Å². The summed E-state index contributed by atoms with van der Waals surface area (Å²) in [5.41, 5.74) is 0.701. The van der Waals surface area contributed by atoms with Crippen molar-refractivity contribution in [3.05, 3.63) is 35.7 Å². The number of halogens is 1. The van der Waals surface area contributed by atoms with Crippen molar-refractivity contribution in [3.8, 4) is 5.75 Å². The van der Waals surface area contributed by atoms with Crippen LogP contribution in [0.4, 0.5) is 4.39 Å². The van der Waals surface area contributed by atoms with Crippen LogP contribution >= 0.6 is 0 Å². The Morgan fingerprint density at radius 3 is 2.54 bits per heavy atom. The second-order valence-corrected chi connectivity index (χ2v) is 2.52. The molecular weight excluding hydrogens is 171 g/mol. The SMILES string of the molecule is COc1ccc(/C=C(\F)CO)cc1. The normalized spacial score (nSPS) is 11.5. The zero-order chi connectivity index (χ0) is 9.68. The minimum Gasteiger partial charge on any atom is -0.497 e. The van der Waals surface area contributed by atoms with E-state index in [-0.39, 0.29) is 0 Å². The average molecular weight is 182 g/mol. The van der Waals surface area contributed by atoms with Crippen molar-refractivity contribution in [2.24, 2.45) is 0 Å². The Labute approximate surface area is 76.3 Å². The van der Waals surface area contributed by atoms with Gasteiger partial charge in [-0.15, -0.1) is 0 Å². The predicted molar refractivity (Wildman–Crippen MR) is 49.2 cm³/mol. The first-order chi connectivity index (χ1) is 6.26. The van der Waals surface area contributed by atoms with Gasteiger partial charge in [0.25, 0.3) is 0 Å². The highest BCUT2D eigenvalue weighted by Crippen LogP contribution is 2.13. The van der Waals surface area contributed by atoms with Gasteiger partial charge in [0.15, 0.2) is 0 Å². The molecule has 0 bridgehead atoms. The van der Waals surface area contributed by atoms with Gasteiger partial charge in [0, 0.05) is 0 Å². The fraction of sp³-hybridized carbons (Fsp3) is 0.200. The lowest BCUT2D eigenvalue weighted by Gasteiger charge is -1.99. The van der Waals surface area contributed by atoms with E-state index in [1.165, 1.54) is 6.08 Å². The van der Waals surface area contributed by atoms with Crippen molar-refractivity contribution in [1.82, 2.24) is 0 Å². The summed E-state index contributed by atoms with van der Waals surface area (Å²) in [5, 5.41) is 8.43. The Balaban J connectivity index is 2.80. The minimum atomic E-state index is -0.563. The van der Waals surface area contributed by atoms with Gasteiger partial charge in [-0.3, -0.25) is 0 Å². The van der Waals surface area contributed by atoms with Crippen LogP contribution < -0.4 is 4.74 Å². The third kappa shape index (κ3) is 2.87. The fourth-order valence-electron chi connectivity index (χ4n) is 0.927. The summed E-state index contributed by atoms with van der Waals surface area (Å²) in [6.45, 7) is -0.563. The van der Waals surface area contributed by atoms with E-state index in [0.29, 0.717) is 5.56 Å². The maximum Gasteiger partial charge on any atom is 0.126 e. The van der Waals surface area contributed by atoms with E-state index in [9.17, 15) is 4.39 Å². The second-order valence-electron chi connectivity index (χ2n) is 2.52. The van der Waals surface area contributed by atoms with Crippen LogP contribution in [0.25, 0.3) is 6.08 Å². The highest BCUT2D eigenvalue weighted by molar-refractivity contribution is 5.52. The topological polar surface area (TPSA) is 29.5 Å². The van der Waals surface area contributed by atoms with E-state index in [1.807, 2.05) is 0 Å². The van der Waals surface area contributed by atoms with E-state index in [0.717, 1.165) is 5.75 Å². The third-order valence-corrected chi connectivity index (χ3v) is 1.59. The molecule has 0 saturated heterocycles. The average Bonchev–Trinajstić information content (AvgIpc) is 2.19. The van der Waals surface area contributed by atoms with Gasteiger partial charge in [-0.05, 0) is 23.8 Å². The summed E-state index contributed by atoms with van der Waals surface area (Å²) in [6.07, 6.45) is 1.28. The molecule has 0 aliphatic carbocycles. The number of aliphatic hydroxyl groups is 1. The second kappa shape index (κ2) is 4.62. The molecular formula is C10H11FO2. The van der Waals surface area contributed by atoms with Crippen molar-refractivity contribution in [2.45, 2.75) is 0 Å². The van der Waals surface area contributed by atoms with Crippen molar-refractivity contribution in [2.75, 3.05) is 13.7 Å². The molecule has 0 aliphatic rings. The Morgan fingerprint density at radius 1 is 1.46 bits per heavy atom. The number of benzene rings is 1. The molecule has 0 saturated carbocycles. The number of hydrogen-bond acceptors (Lipinski definition) is 2. The number of methoxy groups -OCH3 is 1. The summed E-state index contributed by atoms with van der Waals surface area (Å²) < 4.78 is 17.5. The molecule has 0 atom stereocenters. The predicted octanol–water partition coefficient (Wildman–Crippen LogP) is 2.00. The lowest BCUT2D eigenvalue weighted by Crippen LogP contribution is -1.84. The Kier molecular flexibility index (Phi) is 3.46. The van der Waals surface area contributed by atoms with E-state index >= 15 is 0 Å². The Hall–Kier alpha value is -1.35. The lowest BCUT2D eigenvalue weighted by atomic mass is 10.2. The molecule has 0 aromatic heterocycles. The van der Waals surface area contributed by atoms with Crippen molar-refractivity contribution >= 4 is 6.08 Å². The smallest absolute Gasteiger partial charge is 0.126 e. The van der Waals surface area contributed by atoms with E-state index in [1.54, 1.807) is 31.4 Å². The van der Waals surface area contributed by atoms with Gasteiger partial charge in [0.2, 0.25) is 0 Å². The largest absolute Gasteiger partial charge is 0.497 e. The summed E-state index contributed by atoms with van der Waals surface area (Å²) in [7, 11) is 1.57. The van der Waals surface area contributed by atoms with Gasteiger partial charge < -0.3 is 9.84 Å². The zero-order valence-electron chi connectivity index (χ0n) is 7.33. The Bertz CT molecular complexity index is 290. The number of ether oxygens (including phenoxy) is 1. The first kappa shape index (κ1) is 9.74. The zero-order valence-corrected chi connectivity index (χ0v) is 7.33. The van der Waals surface area contributed by atoms with Gasteiger partial charge in [-0.25, -0.2) is 4.39 Å². The molecule has 13 heavy (non-hydrogen) atoms. The number of aliphatic hydroxyl groups excluding tert-OH is 1. The van der Waals surface area contributed by atoms with Gasteiger partial charge in [-0.1, -0.05) is 12.1 Å². The van der Waals surface area contributed by atoms with E-state index in [4.69, 9.17) is 9.84 Å². The molecule has 0 aliphatic heterocycles. The molecule has 0 amide bonds. The molecule has 70 valence electrons. The van der Waals surface area contributed by atoms with Crippen LogP contribution in [0.5, 0.6) is 5.75 Å². The molecule has 1 aromatic rings. The molecule has 0 fully saturated rings. The molecule has 1 N–H and O–H groups in total. The first-order valence-corrected chi connectivity index (χ1v) is 3.87. The van der Waals surface area contributed by atoms with Crippen molar-refractivity contribution in [1.29, 1.82) is 0 Å². The van der Waals surface area contributed by atoms with E-state index < -0.39 is 12.4 Å². The van der Waals surface area contributed by atoms with Crippen molar-refractivity contribution < 1.29 is 14.2 Å². The van der Waals surface area contributed by atoms with Gasteiger partial charge in [0.1, 0.15) is 11.6 Å². The van der Waals surface area contributed by atoms with Crippen LogP contribution in [0.2, 0.25) is 0 Å². The molecule has 1 aromatic carbocycles. The first-order valence-electron chi connectivity index (χ1n) is 3.87. The maximum absolute atomic E-state index is 12.6.